The van der Waals surface area contributed by atoms with E-state index in [0.717, 1.165) is 23.0 Å². The van der Waals surface area contributed by atoms with Gasteiger partial charge in [-0.15, -0.1) is 0 Å². The number of rotatable bonds is 3. The van der Waals surface area contributed by atoms with E-state index in [4.69, 9.17) is 4.74 Å². The Morgan fingerprint density at radius 3 is 2.81 bits per heavy atom. The number of hydrogen-bond acceptors (Lipinski definition) is 4. The third-order valence-corrected chi connectivity index (χ3v) is 6.20. The van der Waals surface area contributed by atoms with Gasteiger partial charge in [-0.25, -0.2) is 9.37 Å². The van der Waals surface area contributed by atoms with Crippen LogP contribution in [0.4, 0.5) is 10.1 Å². The molecule has 31 heavy (non-hydrogen) atoms. The molecule has 3 heterocycles. The van der Waals surface area contributed by atoms with E-state index in [1.165, 1.54) is 12.1 Å². The van der Waals surface area contributed by atoms with Crippen LogP contribution >= 0.6 is 0 Å². The van der Waals surface area contributed by atoms with Crippen LogP contribution in [0.15, 0.2) is 66.9 Å². The second kappa shape index (κ2) is 7.19. The number of likely N-dealkylation sites (tertiary alicyclic amines) is 1. The predicted octanol–water partition coefficient (Wildman–Crippen LogP) is 3.71. The minimum Gasteiger partial charge on any atom is -0.497 e. The number of carbonyl (C=O) groups is 2. The number of hydrogen-bond donors (Lipinski definition) is 1. The first-order valence-electron chi connectivity index (χ1n) is 10.0. The molecule has 1 N–H and O–H groups in total. The van der Waals surface area contributed by atoms with Crippen LogP contribution in [0.3, 0.4) is 0 Å². The van der Waals surface area contributed by atoms with Crippen molar-refractivity contribution in [3.05, 3.63) is 89.5 Å². The number of benzene rings is 2. The molecule has 0 saturated carbocycles. The van der Waals surface area contributed by atoms with E-state index >= 15 is 0 Å². The fraction of sp³-hybridized carbons (Fsp3) is 0.208. The highest BCUT2D eigenvalue weighted by Crippen LogP contribution is 2.55. The van der Waals surface area contributed by atoms with E-state index in [9.17, 15) is 14.0 Å². The number of para-hydroxylation sites is 1. The first kappa shape index (κ1) is 19.2. The van der Waals surface area contributed by atoms with Gasteiger partial charge in [0.1, 0.15) is 22.7 Å². The van der Waals surface area contributed by atoms with Crippen LogP contribution < -0.4 is 10.1 Å². The Hall–Kier alpha value is -3.74. The number of aromatic nitrogens is 1. The van der Waals surface area contributed by atoms with Crippen LogP contribution in [0.25, 0.3) is 0 Å². The zero-order valence-electron chi connectivity index (χ0n) is 16.8. The summed E-state index contributed by atoms with van der Waals surface area (Å²) in [5.41, 5.74) is 1.63. The summed E-state index contributed by atoms with van der Waals surface area (Å²) in [7, 11) is 1.58. The lowest BCUT2D eigenvalue weighted by molar-refractivity contribution is -0.121. The number of anilines is 1. The maximum atomic E-state index is 13.4. The molecule has 2 amide bonds. The van der Waals surface area contributed by atoms with E-state index in [1.807, 2.05) is 48.5 Å². The number of nitrogens with zero attached hydrogens (tertiary/aromatic N) is 2. The number of halogens is 1. The molecule has 7 heteroatoms. The van der Waals surface area contributed by atoms with Gasteiger partial charge in [-0.1, -0.05) is 30.3 Å². The summed E-state index contributed by atoms with van der Waals surface area (Å²) in [6.45, 7) is 0.363. The second-order valence-electron chi connectivity index (χ2n) is 7.76. The molecule has 3 aromatic rings. The van der Waals surface area contributed by atoms with Crippen LogP contribution in [0.2, 0.25) is 0 Å². The molecule has 0 aliphatic carbocycles. The number of carbonyl (C=O) groups excluding carboxylic acids is 2. The maximum Gasteiger partial charge on any atom is 0.273 e. The summed E-state index contributed by atoms with van der Waals surface area (Å²) in [5, 5.41) is 2.99. The molecule has 2 aliphatic heterocycles. The first-order valence-corrected chi connectivity index (χ1v) is 10.0. The van der Waals surface area contributed by atoms with E-state index in [0.29, 0.717) is 18.7 Å². The number of pyridine rings is 1. The predicted molar refractivity (Wildman–Crippen MR) is 112 cm³/mol. The molecule has 2 aromatic carbocycles. The van der Waals surface area contributed by atoms with E-state index in [-0.39, 0.29) is 17.5 Å². The van der Waals surface area contributed by atoms with Gasteiger partial charge in [-0.2, -0.15) is 0 Å². The number of methoxy groups -OCH3 is 1. The third-order valence-electron chi connectivity index (χ3n) is 6.20. The molecule has 0 radical (unpaired) electrons. The number of fused-ring (bicyclic) bond motifs is 2. The summed E-state index contributed by atoms with van der Waals surface area (Å²) < 4.78 is 18.8. The zero-order chi connectivity index (χ0) is 21.6. The lowest BCUT2D eigenvalue weighted by Crippen LogP contribution is -2.42. The Morgan fingerprint density at radius 1 is 1.19 bits per heavy atom. The fourth-order valence-corrected chi connectivity index (χ4v) is 4.83. The topological polar surface area (TPSA) is 71.5 Å². The van der Waals surface area contributed by atoms with Crippen LogP contribution in [0.5, 0.6) is 5.75 Å². The van der Waals surface area contributed by atoms with Gasteiger partial charge in [0, 0.05) is 12.2 Å². The molecule has 156 valence electrons. The Balaban J connectivity index is 1.67. The molecule has 6 nitrogen and oxygen atoms in total. The second-order valence-corrected chi connectivity index (χ2v) is 7.76. The SMILES string of the molecule is COc1cccc([C@@H]2N(C(=O)c3ccc(F)cn3)CC[C@]23C(=O)Nc2ccccc23)c1. The average Bonchev–Trinajstić information content (AvgIpc) is 3.33. The standard InChI is InChI=1S/C24H20FN3O3/c1-31-17-6-4-5-15(13-17)21-24(18-7-2-3-8-19(18)27-23(24)30)11-12-28(21)22(29)20-10-9-16(25)14-26-20/h2-10,13-14,21H,11-12H2,1H3,(H,27,30)/t21-,24+/m0/s1. The van der Waals surface area contributed by atoms with Crippen LogP contribution in [0.1, 0.15) is 34.1 Å². The summed E-state index contributed by atoms with van der Waals surface area (Å²) >= 11 is 0. The summed E-state index contributed by atoms with van der Waals surface area (Å²) in [5.74, 6) is -0.354. The summed E-state index contributed by atoms with van der Waals surface area (Å²) in [6.07, 6.45) is 1.49. The lowest BCUT2D eigenvalue weighted by Gasteiger charge is -2.34. The molecular formula is C24H20FN3O3. The van der Waals surface area contributed by atoms with E-state index in [1.54, 1.807) is 12.0 Å². The van der Waals surface area contributed by atoms with Gasteiger partial charge in [-0.05, 0) is 47.9 Å². The van der Waals surface area contributed by atoms with Crippen LogP contribution in [-0.4, -0.2) is 35.4 Å². The zero-order valence-corrected chi connectivity index (χ0v) is 16.8. The summed E-state index contributed by atoms with van der Waals surface area (Å²) in [4.78, 5) is 32.5. The van der Waals surface area contributed by atoms with Crippen molar-refractivity contribution in [2.24, 2.45) is 0 Å². The van der Waals surface area contributed by atoms with Crippen molar-refractivity contribution < 1.29 is 18.7 Å². The van der Waals surface area contributed by atoms with Crippen molar-refractivity contribution >= 4 is 17.5 Å². The summed E-state index contributed by atoms with van der Waals surface area (Å²) in [6, 6.07) is 17.0. The van der Waals surface area contributed by atoms with Crippen molar-refractivity contribution in [2.75, 3.05) is 19.0 Å². The molecule has 5 rings (SSSR count). The van der Waals surface area contributed by atoms with Crippen molar-refractivity contribution in [3.8, 4) is 5.75 Å². The third kappa shape index (κ3) is 2.88. The van der Waals surface area contributed by atoms with Gasteiger partial charge in [-0.3, -0.25) is 9.59 Å². The average molecular weight is 417 g/mol. The first-order chi connectivity index (χ1) is 15.0. The molecule has 2 atom stereocenters. The smallest absolute Gasteiger partial charge is 0.273 e. The maximum absolute atomic E-state index is 13.4. The molecule has 2 aliphatic rings. The monoisotopic (exact) mass is 417 g/mol. The van der Waals surface area contributed by atoms with Gasteiger partial charge < -0.3 is 15.0 Å². The minimum atomic E-state index is -0.932. The van der Waals surface area contributed by atoms with Crippen LogP contribution in [0, 0.1) is 5.82 Å². The molecule has 1 saturated heterocycles. The normalized spacial score (nSPS) is 21.8. The van der Waals surface area contributed by atoms with Crippen molar-refractivity contribution in [1.82, 2.24) is 9.88 Å². The quantitative estimate of drug-likeness (QED) is 0.705. The number of nitrogens with one attached hydrogen (secondary N) is 1. The highest BCUT2D eigenvalue weighted by Gasteiger charge is 2.59. The number of ether oxygens (including phenoxy) is 1. The highest BCUT2D eigenvalue weighted by atomic mass is 19.1. The Morgan fingerprint density at radius 2 is 2.03 bits per heavy atom. The highest BCUT2D eigenvalue weighted by molar-refractivity contribution is 6.08. The van der Waals surface area contributed by atoms with E-state index < -0.39 is 17.3 Å². The Bertz CT molecular complexity index is 1180. The molecule has 1 spiro atoms. The van der Waals surface area contributed by atoms with Gasteiger partial charge in [0.25, 0.3) is 5.91 Å². The lowest BCUT2D eigenvalue weighted by atomic mass is 9.72. The largest absolute Gasteiger partial charge is 0.497 e. The van der Waals surface area contributed by atoms with Crippen molar-refractivity contribution in [2.45, 2.75) is 17.9 Å². The molecule has 0 unspecified atom stereocenters. The van der Waals surface area contributed by atoms with Gasteiger partial charge in [0.2, 0.25) is 5.91 Å². The van der Waals surface area contributed by atoms with Crippen molar-refractivity contribution in [3.63, 3.8) is 0 Å². The van der Waals surface area contributed by atoms with Crippen molar-refractivity contribution in [1.29, 1.82) is 0 Å². The Kier molecular flexibility index (Phi) is 4.46. The fourth-order valence-electron chi connectivity index (χ4n) is 4.83. The molecular weight excluding hydrogens is 397 g/mol. The van der Waals surface area contributed by atoms with Crippen LogP contribution in [-0.2, 0) is 10.2 Å². The van der Waals surface area contributed by atoms with Gasteiger partial charge >= 0.3 is 0 Å². The minimum absolute atomic E-state index is 0.135. The molecule has 0 bridgehead atoms. The van der Waals surface area contributed by atoms with E-state index in [2.05, 4.69) is 10.3 Å². The Labute approximate surface area is 178 Å². The molecule has 1 aromatic heterocycles. The van der Waals surface area contributed by atoms with Gasteiger partial charge in [0.05, 0.1) is 19.3 Å². The molecule has 1 fully saturated rings. The van der Waals surface area contributed by atoms with Gasteiger partial charge in [0.15, 0.2) is 0 Å². The number of amides is 2.